The van der Waals surface area contributed by atoms with Crippen molar-refractivity contribution in [2.45, 2.75) is 32.2 Å². The number of methoxy groups -OCH3 is 1. The quantitative estimate of drug-likeness (QED) is 0.613. The largest absolute Gasteiger partial charge is 0.493 e. The Labute approximate surface area is 127 Å². The van der Waals surface area contributed by atoms with Gasteiger partial charge in [0, 0.05) is 25.9 Å². The van der Waals surface area contributed by atoms with Gasteiger partial charge >= 0.3 is 0 Å². The van der Waals surface area contributed by atoms with Gasteiger partial charge in [-0.3, -0.25) is 0 Å². The van der Waals surface area contributed by atoms with E-state index in [0.717, 1.165) is 31.6 Å². The molecular formula is C16H27NO4. The molecule has 3 N–H and O–H groups in total. The van der Waals surface area contributed by atoms with Crippen molar-refractivity contribution < 1.29 is 19.3 Å². The lowest BCUT2D eigenvalue weighted by Crippen LogP contribution is -2.12. The van der Waals surface area contributed by atoms with Crippen molar-refractivity contribution in [3.63, 3.8) is 0 Å². The number of hydrogen-bond acceptors (Lipinski definition) is 5. The fourth-order valence-corrected chi connectivity index (χ4v) is 1.97. The van der Waals surface area contributed by atoms with E-state index in [-0.39, 0.29) is 12.6 Å². The zero-order chi connectivity index (χ0) is 15.5. The maximum Gasteiger partial charge on any atom is 0.161 e. The monoisotopic (exact) mass is 297 g/mol. The fourth-order valence-electron chi connectivity index (χ4n) is 1.97. The summed E-state index contributed by atoms with van der Waals surface area (Å²) in [6, 6.07) is 5.46. The van der Waals surface area contributed by atoms with E-state index in [1.807, 2.05) is 25.1 Å². The van der Waals surface area contributed by atoms with E-state index in [4.69, 9.17) is 25.1 Å². The lowest BCUT2D eigenvalue weighted by molar-refractivity contribution is 0.138. The van der Waals surface area contributed by atoms with Crippen molar-refractivity contribution in [1.29, 1.82) is 0 Å². The highest BCUT2D eigenvalue weighted by atomic mass is 16.5. The summed E-state index contributed by atoms with van der Waals surface area (Å²) in [6.07, 6.45) is 2.45. The minimum Gasteiger partial charge on any atom is -0.493 e. The average Bonchev–Trinajstić information content (AvgIpc) is 2.51. The van der Waals surface area contributed by atoms with Crippen molar-refractivity contribution in [3.05, 3.63) is 23.8 Å². The number of benzene rings is 1. The molecule has 0 aliphatic heterocycles. The van der Waals surface area contributed by atoms with Gasteiger partial charge in [-0.05, 0) is 43.9 Å². The van der Waals surface area contributed by atoms with Crippen LogP contribution in [0.4, 0.5) is 0 Å². The fraction of sp³-hybridized carbons (Fsp3) is 0.625. The molecule has 1 unspecified atom stereocenters. The molecule has 5 nitrogen and oxygen atoms in total. The maximum absolute atomic E-state index is 8.94. The highest BCUT2D eigenvalue weighted by Crippen LogP contribution is 2.30. The van der Waals surface area contributed by atoms with Crippen LogP contribution in [0.1, 0.15) is 37.8 Å². The molecule has 1 atom stereocenters. The van der Waals surface area contributed by atoms with Gasteiger partial charge in [0.1, 0.15) is 0 Å². The van der Waals surface area contributed by atoms with Crippen LogP contribution in [0.15, 0.2) is 18.2 Å². The van der Waals surface area contributed by atoms with Gasteiger partial charge in [-0.2, -0.15) is 0 Å². The van der Waals surface area contributed by atoms with E-state index in [9.17, 15) is 0 Å². The number of aliphatic hydroxyl groups is 1. The summed E-state index contributed by atoms with van der Waals surface area (Å²) in [5.41, 5.74) is 6.91. The van der Waals surface area contributed by atoms with Gasteiger partial charge in [-0.1, -0.05) is 6.07 Å². The molecule has 0 aliphatic carbocycles. The van der Waals surface area contributed by atoms with Crippen LogP contribution in [0.25, 0.3) is 0 Å². The van der Waals surface area contributed by atoms with Crippen molar-refractivity contribution >= 4 is 0 Å². The van der Waals surface area contributed by atoms with Crippen LogP contribution in [-0.2, 0) is 4.74 Å². The Morgan fingerprint density at radius 1 is 1.19 bits per heavy atom. The van der Waals surface area contributed by atoms with Crippen molar-refractivity contribution in [2.75, 3.05) is 33.5 Å². The van der Waals surface area contributed by atoms with E-state index in [2.05, 4.69) is 0 Å². The predicted octanol–water partition coefficient (Wildman–Crippen LogP) is 2.27. The first-order chi connectivity index (χ1) is 10.2. The lowest BCUT2D eigenvalue weighted by atomic mass is 10.0. The van der Waals surface area contributed by atoms with Crippen LogP contribution in [0.5, 0.6) is 11.5 Å². The lowest BCUT2D eigenvalue weighted by Gasteiger charge is -2.15. The molecule has 21 heavy (non-hydrogen) atoms. The second-order valence-electron chi connectivity index (χ2n) is 4.78. The van der Waals surface area contributed by atoms with Gasteiger partial charge < -0.3 is 25.1 Å². The van der Waals surface area contributed by atoms with Crippen molar-refractivity contribution in [2.24, 2.45) is 5.73 Å². The summed E-state index contributed by atoms with van der Waals surface area (Å²) in [5, 5.41) is 8.94. The second kappa shape index (κ2) is 10.4. The Morgan fingerprint density at radius 2 is 1.95 bits per heavy atom. The molecule has 1 rings (SSSR count). The van der Waals surface area contributed by atoms with Crippen LogP contribution in [0, 0.1) is 0 Å². The van der Waals surface area contributed by atoms with E-state index < -0.39 is 0 Å². The predicted molar refractivity (Wildman–Crippen MR) is 82.8 cm³/mol. The summed E-state index contributed by atoms with van der Waals surface area (Å²) in [5.74, 6) is 1.39. The first kappa shape index (κ1) is 17.8. The summed E-state index contributed by atoms with van der Waals surface area (Å²) in [7, 11) is 1.61. The molecule has 0 saturated carbocycles. The third kappa shape index (κ3) is 6.33. The number of rotatable bonds is 11. The number of aliphatic hydroxyl groups excluding tert-OH is 1. The van der Waals surface area contributed by atoms with Crippen LogP contribution < -0.4 is 15.2 Å². The van der Waals surface area contributed by atoms with E-state index >= 15 is 0 Å². The minimum absolute atomic E-state index is 0.0710. The van der Waals surface area contributed by atoms with Gasteiger partial charge in [0.2, 0.25) is 0 Å². The topological polar surface area (TPSA) is 73.9 Å². The molecule has 1 aromatic rings. The normalized spacial score (nSPS) is 12.2. The zero-order valence-corrected chi connectivity index (χ0v) is 13.0. The van der Waals surface area contributed by atoms with Gasteiger partial charge in [-0.25, -0.2) is 0 Å². The van der Waals surface area contributed by atoms with Crippen LogP contribution in [0.2, 0.25) is 0 Å². The molecule has 0 bridgehead atoms. The van der Waals surface area contributed by atoms with Crippen molar-refractivity contribution in [3.8, 4) is 11.5 Å². The van der Waals surface area contributed by atoms with Gasteiger partial charge in [-0.15, -0.1) is 0 Å². The number of nitrogens with two attached hydrogens (primary N) is 1. The Bertz CT molecular complexity index is 398. The van der Waals surface area contributed by atoms with Crippen LogP contribution in [0.3, 0.4) is 0 Å². The Kier molecular flexibility index (Phi) is 8.82. The molecule has 0 amide bonds. The highest BCUT2D eigenvalue weighted by Gasteiger charge is 2.10. The molecule has 0 radical (unpaired) electrons. The molecule has 0 fully saturated rings. The average molecular weight is 297 g/mol. The Hall–Kier alpha value is -1.30. The van der Waals surface area contributed by atoms with E-state index in [0.29, 0.717) is 24.5 Å². The zero-order valence-electron chi connectivity index (χ0n) is 13.0. The van der Waals surface area contributed by atoms with Crippen LogP contribution in [-0.4, -0.2) is 38.6 Å². The molecule has 5 heteroatoms. The summed E-state index contributed by atoms with van der Waals surface area (Å²) >= 11 is 0. The third-order valence-electron chi connectivity index (χ3n) is 3.20. The van der Waals surface area contributed by atoms with Crippen molar-refractivity contribution in [1.82, 2.24) is 0 Å². The molecule has 0 spiro atoms. The molecule has 0 saturated heterocycles. The number of hydrogen-bond donors (Lipinski definition) is 2. The SMILES string of the molecule is CCOCCCCOc1ccc(C(N)CCO)cc1OC. The van der Waals surface area contributed by atoms with E-state index in [1.54, 1.807) is 7.11 Å². The standard InChI is InChI=1S/C16H27NO4/c1-3-20-10-4-5-11-21-15-7-6-13(12-16(15)19-2)14(17)8-9-18/h6-7,12,14,18H,3-5,8-11,17H2,1-2H3. The summed E-state index contributed by atoms with van der Waals surface area (Å²) in [6.45, 7) is 4.22. The molecule has 1 aromatic carbocycles. The van der Waals surface area contributed by atoms with Gasteiger partial charge in [0.15, 0.2) is 11.5 Å². The first-order valence-corrected chi connectivity index (χ1v) is 7.47. The maximum atomic E-state index is 8.94. The van der Waals surface area contributed by atoms with Crippen LogP contribution >= 0.6 is 0 Å². The Morgan fingerprint density at radius 3 is 2.62 bits per heavy atom. The summed E-state index contributed by atoms with van der Waals surface area (Å²) < 4.78 is 16.4. The molecule has 0 aliphatic rings. The first-order valence-electron chi connectivity index (χ1n) is 7.47. The minimum atomic E-state index is -0.191. The Balaban J connectivity index is 2.50. The van der Waals surface area contributed by atoms with E-state index in [1.165, 1.54) is 0 Å². The second-order valence-corrected chi connectivity index (χ2v) is 4.78. The van der Waals surface area contributed by atoms with Gasteiger partial charge in [0.25, 0.3) is 0 Å². The number of ether oxygens (including phenoxy) is 3. The molecular weight excluding hydrogens is 270 g/mol. The smallest absolute Gasteiger partial charge is 0.161 e. The highest BCUT2D eigenvalue weighted by molar-refractivity contribution is 5.43. The molecule has 0 heterocycles. The van der Waals surface area contributed by atoms with Gasteiger partial charge in [0.05, 0.1) is 13.7 Å². The molecule has 0 aromatic heterocycles. The third-order valence-corrected chi connectivity index (χ3v) is 3.20. The number of unbranched alkanes of at least 4 members (excludes halogenated alkanes) is 1. The molecule has 120 valence electrons. The summed E-state index contributed by atoms with van der Waals surface area (Å²) in [4.78, 5) is 0.